The quantitative estimate of drug-likeness (QED) is 0.384. The molecule has 0 aliphatic rings. The van der Waals surface area contributed by atoms with Gasteiger partial charge in [0.05, 0.1) is 10.6 Å². The van der Waals surface area contributed by atoms with Crippen LogP contribution in [0, 0.1) is 11.7 Å². The Morgan fingerprint density at radius 1 is 1.63 bits per heavy atom. The Morgan fingerprint density at radius 2 is 2.26 bits per heavy atom. The van der Waals surface area contributed by atoms with Crippen LogP contribution in [0.2, 0.25) is 5.02 Å². The highest BCUT2D eigenvalue weighted by molar-refractivity contribution is 6.33. The van der Waals surface area contributed by atoms with Gasteiger partial charge in [-0.1, -0.05) is 23.7 Å². The summed E-state index contributed by atoms with van der Waals surface area (Å²) >= 11 is 5.82. The first-order valence-corrected chi connectivity index (χ1v) is 5.92. The van der Waals surface area contributed by atoms with Gasteiger partial charge in [-0.15, -0.1) is 0 Å². The Morgan fingerprint density at radius 3 is 2.79 bits per heavy atom. The molecule has 0 aliphatic carbocycles. The molecule has 0 aromatic heterocycles. The summed E-state index contributed by atoms with van der Waals surface area (Å²) in [6.07, 6.45) is 0. The second-order valence-corrected chi connectivity index (χ2v) is 4.64. The lowest BCUT2D eigenvalue weighted by Gasteiger charge is -2.21. The number of carbonyl (C=O) groups is 1. The Balaban J connectivity index is 2.82. The van der Waals surface area contributed by atoms with Gasteiger partial charge >= 0.3 is 0 Å². The summed E-state index contributed by atoms with van der Waals surface area (Å²) in [5.41, 5.74) is 5.65. The van der Waals surface area contributed by atoms with Crippen molar-refractivity contribution in [2.24, 2.45) is 16.8 Å². The largest absolute Gasteiger partial charge is 0.409 e. The fraction of sp³-hybridized carbons (Fsp3) is 0.333. The molecule has 1 aromatic rings. The van der Waals surface area contributed by atoms with Crippen molar-refractivity contribution in [2.75, 3.05) is 13.6 Å². The van der Waals surface area contributed by atoms with Gasteiger partial charge in [0.25, 0.3) is 5.91 Å². The fourth-order valence-electron chi connectivity index (χ4n) is 1.55. The number of hydrogen-bond donors (Lipinski definition) is 2. The molecule has 1 unspecified atom stereocenters. The van der Waals surface area contributed by atoms with Crippen LogP contribution in [0.15, 0.2) is 23.4 Å². The predicted octanol–water partition coefficient (Wildman–Crippen LogP) is 1.93. The fourth-order valence-corrected chi connectivity index (χ4v) is 1.80. The molecule has 1 amide bonds. The molecule has 0 spiro atoms. The van der Waals surface area contributed by atoms with Crippen molar-refractivity contribution in [2.45, 2.75) is 6.92 Å². The number of rotatable bonds is 4. The zero-order valence-corrected chi connectivity index (χ0v) is 11.4. The van der Waals surface area contributed by atoms with Crippen LogP contribution in [-0.4, -0.2) is 35.4 Å². The normalized spacial score (nSPS) is 13.2. The van der Waals surface area contributed by atoms with Crippen molar-refractivity contribution in [1.82, 2.24) is 4.90 Å². The Kier molecular flexibility index (Phi) is 5.11. The first kappa shape index (κ1) is 15.2. The SMILES string of the molecule is CC(CN(C)C(=O)c1ccc(F)cc1Cl)C(N)=NO. The van der Waals surface area contributed by atoms with Gasteiger partial charge in [-0.2, -0.15) is 0 Å². The maximum absolute atomic E-state index is 12.9. The lowest BCUT2D eigenvalue weighted by molar-refractivity contribution is 0.0786. The molecule has 0 saturated heterocycles. The summed E-state index contributed by atoms with van der Waals surface area (Å²) in [5, 5.41) is 11.5. The second kappa shape index (κ2) is 6.38. The highest BCUT2D eigenvalue weighted by atomic mass is 35.5. The van der Waals surface area contributed by atoms with E-state index in [1.54, 1.807) is 14.0 Å². The van der Waals surface area contributed by atoms with Crippen molar-refractivity contribution in [3.8, 4) is 0 Å². The minimum atomic E-state index is -0.505. The Bertz CT molecular complexity index is 508. The summed E-state index contributed by atoms with van der Waals surface area (Å²) in [5.74, 6) is -1.14. The first-order valence-electron chi connectivity index (χ1n) is 5.54. The molecule has 19 heavy (non-hydrogen) atoms. The van der Waals surface area contributed by atoms with E-state index in [9.17, 15) is 9.18 Å². The third kappa shape index (κ3) is 3.82. The van der Waals surface area contributed by atoms with E-state index in [0.717, 1.165) is 6.07 Å². The van der Waals surface area contributed by atoms with Crippen LogP contribution in [-0.2, 0) is 0 Å². The van der Waals surface area contributed by atoms with E-state index in [-0.39, 0.29) is 34.8 Å². The summed E-state index contributed by atoms with van der Waals surface area (Å²) in [7, 11) is 1.56. The molecule has 3 N–H and O–H groups in total. The summed E-state index contributed by atoms with van der Waals surface area (Å²) in [6, 6.07) is 3.57. The molecule has 1 rings (SSSR count). The highest BCUT2D eigenvalue weighted by Crippen LogP contribution is 2.19. The van der Waals surface area contributed by atoms with E-state index in [1.807, 2.05) is 0 Å². The van der Waals surface area contributed by atoms with Gasteiger partial charge in [-0.3, -0.25) is 4.79 Å². The number of oxime groups is 1. The van der Waals surface area contributed by atoms with Gasteiger partial charge in [-0.05, 0) is 18.2 Å². The molecule has 0 aliphatic heterocycles. The van der Waals surface area contributed by atoms with Crippen LogP contribution in [0.3, 0.4) is 0 Å². The number of nitrogens with zero attached hydrogens (tertiary/aromatic N) is 2. The molecule has 104 valence electrons. The van der Waals surface area contributed by atoms with Gasteiger partial charge in [0, 0.05) is 19.5 Å². The molecule has 1 atom stereocenters. The molecule has 0 bridgehead atoms. The van der Waals surface area contributed by atoms with Gasteiger partial charge in [0.2, 0.25) is 0 Å². The van der Waals surface area contributed by atoms with Crippen LogP contribution < -0.4 is 5.73 Å². The van der Waals surface area contributed by atoms with Crippen molar-refractivity contribution in [1.29, 1.82) is 0 Å². The van der Waals surface area contributed by atoms with Gasteiger partial charge in [0.15, 0.2) is 0 Å². The summed E-state index contributed by atoms with van der Waals surface area (Å²) in [6.45, 7) is 1.97. The number of amides is 1. The molecule has 0 radical (unpaired) electrons. The zero-order chi connectivity index (χ0) is 14.6. The molecular weight excluding hydrogens is 273 g/mol. The molecule has 7 heteroatoms. The third-order valence-corrected chi connectivity index (χ3v) is 2.99. The van der Waals surface area contributed by atoms with E-state index in [2.05, 4.69) is 5.16 Å². The molecule has 1 aromatic carbocycles. The summed E-state index contributed by atoms with van der Waals surface area (Å²) in [4.78, 5) is 13.5. The number of hydrogen-bond acceptors (Lipinski definition) is 3. The predicted molar refractivity (Wildman–Crippen MR) is 70.9 cm³/mol. The molecule has 0 heterocycles. The van der Waals surface area contributed by atoms with Crippen LogP contribution in [0.25, 0.3) is 0 Å². The molecule has 0 saturated carbocycles. The van der Waals surface area contributed by atoms with Crippen molar-refractivity contribution < 1.29 is 14.4 Å². The molecular formula is C12H15ClFN3O2. The van der Waals surface area contributed by atoms with Crippen LogP contribution in [0.4, 0.5) is 4.39 Å². The molecule has 0 fully saturated rings. The van der Waals surface area contributed by atoms with E-state index in [0.29, 0.717) is 0 Å². The molecule has 5 nitrogen and oxygen atoms in total. The van der Waals surface area contributed by atoms with E-state index in [1.165, 1.54) is 17.0 Å². The van der Waals surface area contributed by atoms with Crippen LogP contribution >= 0.6 is 11.6 Å². The van der Waals surface area contributed by atoms with Crippen LogP contribution in [0.5, 0.6) is 0 Å². The Hall–Kier alpha value is -1.82. The van der Waals surface area contributed by atoms with Gasteiger partial charge in [-0.25, -0.2) is 4.39 Å². The minimum absolute atomic E-state index is 0.0323. The van der Waals surface area contributed by atoms with E-state index < -0.39 is 5.82 Å². The van der Waals surface area contributed by atoms with Crippen molar-refractivity contribution in [3.05, 3.63) is 34.6 Å². The second-order valence-electron chi connectivity index (χ2n) is 4.24. The monoisotopic (exact) mass is 287 g/mol. The van der Waals surface area contributed by atoms with Crippen molar-refractivity contribution in [3.63, 3.8) is 0 Å². The van der Waals surface area contributed by atoms with Crippen LogP contribution in [0.1, 0.15) is 17.3 Å². The number of nitrogens with two attached hydrogens (primary N) is 1. The van der Waals surface area contributed by atoms with Gasteiger partial charge in [0.1, 0.15) is 11.7 Å². The summed E-state index contributed by atoms with van der Waals surface area (Å²) < 4.78 is 12.9. The average Bonchev–Trinajstić information content (AvgIpc) is 2.36. The number of amidine groups is 1. The maximum Gasteiger partial charge on any atom is 0.255 e. The number of benzene rings is 1. The standard InChI is InChI=1S/C12H15ClFN3O2/c1-7(11(15)16-19)6-17(2)12(18)9-4-3-8(14)5-10(9)13/h3-5,7,19H,6H2,1-2H3,(H2,15,16). The first-order chi connectivity index (χ1) is 8.86. The Labute approximate surface area is 115 Å². The van der Waals surface area contributed by atoms with E-state index in [4.69, 9.17) is 22.5 Å². The number of carbonyl (C=O) groups excluding carboxylic acids is 1. The topological polar surface area (TPSA) is 78.9 Å². The lowest BCUT2D eigenvalue weighted by atomic mass is 10.1. The highest BCUT2D eigenvalue weighted by Gasteiger charge is 2.19. The van der Waals surface area contributed by atoms with E-state index >= 15 is 0 Å². The number of halogens is 2. The average molecular weight is 288 g/mol. The van der Waals surface area contributed by atoms with Gasteiger partial charge < -0.3 is 15.8 Å². The van der Waals surface area contributed by atoms with Crippen molar-refractivity contribution >= 4 is 23.3 Å². The third-order valence-electron chi connectivity index (χ3n) is 2.68. The zero-order valence-electron chi connectivity index (χ0n) is 10.6. The minimum Gasteiger partial charge on any atom is -0.409 e. The maximum atomic E-state index is 12.9. The lowest BCUT2D eigenvalue weighted by Crippen LogP contribution is -2.36. The smallest absolute Gasteiger partial charge is 0.255 e.